The van der Waals surface area contributed by atoms with Crippen molar-refractivity contribution in [2.24, 2.45) is 5.73 Å². The van der Waals surface area contributed by atoms with Crippen LogP contribution in [0, 0.1) is 0 Å². The molecular formula is C11H24N4O. The fraction of sp³-hybridized carbons (Fsp3) is 1.00. The van der Waals surface area contributed by atoms with Gasteiger partial charge in [0.15, 0.2) is 0 Å². The van der Waals surface area contributed by atoms with Gasteiger partial charge in [-0.2, -0.15) is 0 Å². The van der Waals surface area contributed by atoms with E-state index in [-0.39, 0.29) is 11.6 Å². The summed E-state index contributed by atoms with van der Waals surface area (Å²) in [6, 6.07) is 0. The number of hydrazine groups is 1. The molecule has 0 aliphatic carbocycles. The van der Waals surface area contributed by atoms with Crippen LogP contribution in [0.5, 0.6) is 0 Å². The molecule has 0 saturated carbocycles. The molecule has 94 valence electrons. The number of rotatable bonds is 3. The second-order valence-corrected chi connectivity index (χ2v) is 5.03. The lowest BCUT2D eigenvalue weighted by atomic mass is 9.93. The SMILES string of the molecule is CC1OCCC1(CN)NN1CCN(C)CC1. The number of piperazine rings is 1. The standard InChI is InChI=1S/C11H24N4O/c1-10-11(9-12,3-8-16-10)13-15-6-4-14(2)5-7-15/h10,13H,3-9,12H2,1-2H3. The lowest BCUT2D eigenvalue weighted by molar-refractivity contribution is 0.0162. The van der Waals surface area contributed by atoms with E-state index in [1.165, 1.54) is 0 Å². The third kappa shape index (κ3) is 2.38. The monoisotopic (exact) mass is 228 g/mol. The number of ether oxygens (including phenoxy) is 1. The van der Waals surface area contributed by atoms with Gasteiger partial charge < -0.3 is 15.4 Å². The van der Waals surface area contributed by atoms with Gasteiger partial charge in [-0.15, -0.1) is 0 Å². The predicted molar refractivity (Wildman–Crippen MR) is 64.0 cm³/mol. The molecule has 3 N–H and O–H groups in total. The third-order valence-electron chi connectivity index (χ3n) is 3.94. The molecule has 0 aromatic heterocycles. The smallest absolute Gasteiger partial charge is 0.0754 e. The molecule has 0 spiro atoms. The molecule has 5 nitrogen and oxygen atoms in total. The summed E-state index contributed by atoms with van der Waals surface area (Å²) in [6.07, 6.45) is 1.22. The lowest BCUT2D eigenvalue weighted by Crippen LogP contribution is -2.64. The first-order valence-corrected chi connectivity index (χ1v) is 6.19. The molecule has 2 fully saturated rings. The summed E-state index contributed by atoms with van der Waals surface area (Å²) in [7, 11) is 2.16. The Balaban J connectivity index is 1.91. The molecule has 5 heteroatoms. The van der Waals surface area contributed by atoms with E-state index in [1.54, 1.807) is 0 Å². The molecule has 0 radical (unpaired) electrons. The van der Waals surface area contributed by atoms with Crippen molar-refractivity contribution >= 4 is 0 Å². The van der Waals surface area contributed by atoms with Crippen molar-refractivity contribution in [1.29, 1.82) is 0 Å². The summed E-state index contributed by atoms with van der Waals surface area (Å²) in [4.78, 5) is 2.35. The van der Waals surface area contributed by atoms with E-state index in [4.69, 9.17) is 10.5 Å². The van der Waals surface area contributed by atoms with E-state index in [2.05, 4.69) is 29.3 Å². The molecule has 0 amide bonds. The zero-order chi connectivity index (χ0) is 11.6. The van der Waals surface area contributed by atoms with Gasteiger partial charge in [0.2, 0.25) is 0 Å². The number of likely N-dealkylation sites (N-methyl/N-ethyl adjacent to an activating group) is 1. The second kappa shape index (κ2) is 4.98. The average molecular weight is 228 g/mol. The molecule has 2 rings (SSSR count). The molecule has 2 saturated heterocycles. The molecule has 0 bridgehead atoms. The highest BCUT2D eigenvalue weighted by Crippen LogP contribution is 2.25. The Bertz CT molecular complexity index is 230. The molecular weight excluding hydrogens is 204 g/mol. The number of nitrogens with one attached hydrogen (secondary N) is 1. The topological polar surface area (TPSA) is 53.8 Å². The van der Waals surface area contributed by atoms with Gasteiger partial charge in [0.25, 0.3) is 0 Å². The van der Waals surface area contributed by atoms with E-state index in [9.17, 15) is 0 Å². The Hall–Kier alpha value is -0.200. The van der Waals surface area contributed by atoms with Crippen molar-refractivity contribution in [1.82, 2.24) is 15.3 Å². The van der Waals surface area contributed by atoms with E-state index in [0.29, 0.717) is 6.54 Å². The number of hydrogen-bond acceptors (Lipinski definition) is 5. The summed E-state index contributed by atoms with van der Waals surface area (Å²) in [5.74, 6) is 0. The van der Waals surface area contributed by atoms with Crippen molar-refractivity contribution in [2.75, 3.05) is 46.4 Å². The molecule has 2 unspecified atom stereocenters. The zero-order valence-electron chi connectivity index (χ0n) is 10.4. The van der Waals surface area contributed by atoms with Crippen LogP contribution >= 0.6 is 0 Å². The summed E-state index contributed by atoms with van der Waals surface area (Å²) >= 11 is 0. The van der Waals surface area contributed by atoms with Crippen LogP contribution < -0.4 is 11.2 Å². The maximum absolute atomic E-state index is 5.92. The molecule has 2 atom stereocenters. The van der Waals surface area contributed by atoms with Crippen molar-refractivity contribution in [3.8, 4) is 0 Å². The Labute approximate surface area is 97.9 Å². The molecule has 0 aromatic rings. The van der Waals surface area contributed by atoms with Gasteiger partial charge in [-0.3, -0.25) is 0 Å². The first kappa shape index (κ1) is 12.3. The Morgan fingerprint density at radius 3 is 2.56 bits per heavy atom. The maximum atomic E-state index is 5.92. The molecule has 16 heavy (non-hydrogen) atoms. The highest BCUT2D eigenvalue weighted by Gasteiger charge is 2.41. The molecule has 2 aliphatic heterocycles. The van der Waals surface area contributed by atoms with Crippen LogP contribution in [0.1, 0.15) is 13.3 Å². The highest BCUT2D eigenvalue weighted by molar-refractivity contribution is 4.98. The van der Waals surface area contributed by atoms with Crippen LogP contribution in [0.4, 0.5) is 0 Å². The lowest BCUT2D eigenvalue weighted by Gasteiger charge is -2.41. The fourth-order valence-electron chi connectivity index (χ4n) is 2.47. The third-order valence-corrected chi connectivity index (χ3v) is 3.94. The van der Waals surface area contributed by atoms with Crippen LogP contribution in [0.2, 0.25) is 0 Å². The number of hydrogen-bond donors (Lipinski definition) is 2. The maximum Gasteiger partial charge on any atom is 0.0754 e. The van der Waals surface area contributed by atoms with E-state index in [0.717, 1.165) is 39.2 Å². The van der Waals surface area contributed by atoms with Crippen LogP contribution in [0.3, 0.4) is 0 Å². The molecule has 0 aromatic carbocycles. The van der Waals surface area contributed by atoms with Gasteiger partial charge in [0.1, 0.15) is 0 Å². The highest BCUT2D eigenvalue weighted by atomic mass is 16.5. The summed E-state index contributed by atoms with van der Waals surface area (Å²) in [5.41, 5.74) is 9.49. The summed E-state index contributed by atoms with van der Waals surface area (Å²) < 4.78 is 5.64. The van der Waals surface area contributed by atoms with Crippen LogP contribution in [0.15, 0.2) is 0 Å². The first-order chi connectivity index (χ1) is 7.66. The molecule has 2 aliphatic rings. The fourth-order valence-corrected chi connectivity index (χ4v) is 2.47. The van der Waals surface area contributed by atoms with Crippen molar-refractivity contribution in [2.45, 2.75) is 25.0 Å². The van der Waals surface area contributed by atoms with Gasteiger partial charge in [-0.05, 0) is 20.4 Å². The number of nitrogens with zero attached hydrogens (tertiary/aromatic N) is 2. The normalized spacial score (nSPS) is 38.1. The Kier molecular flexibility index (Phi) is 3.81. The van der Waals surface area contributed by atoms with Gasteiger partial charge >= 0.3 is 0 Å². The van der Waals surface area contributed by atoms with Gasteiger partial charge in [-0.1, -0.05) is 0 Å². The minimum Gasteiger partial charge on any atom is -0.376 e. The first-order valence-electron chi connectivity index (χ1n) is 6.19. The van der Waals surface area contributed by atoms with E-state index in [1.807, 2.05) is 0 Å². The predicted octanol–water partition coefficient (Wildman–Crippen LogP) is -0.755. The number of nitrogens with two attached hydrogens (primary N) is 1. The van der Waals surface area contributed by atoms with Crippen LogP contribution in [-0.2, 0) is 4.74 Å². The minimum atomic E-state index is -0.0457. The van der Waals surface area contributed by atoms with Gasteiger partial charge in [0, 0.05) is 39.3 Å². The zero-order valence-corrected chi connectivity index (χ0v) is 10.4. The van der Waals surface area contributed by atoms with Crippen LogP contribution in [0.25, 0.3) is 0 Å². The summed E-state index contributed by atoms with van der Waals surface area (Å²) in [6.45, 7) is 7.92. The van der Waals surface area contributed by atoms with Crippen molar-refractivity contribution in [3.63, 3.8) is 0 Å². The molecule has 2 heterocycles. The Morgan fingerprint density at radius 2 is 2.06 bits per heavy atom. The largest absolute Gasteiger partial charge is 0.376 e. The average Bonchev–Trinajstić information content (AvgIpc) is 2.64. The van der Waals surface area contributed by atoms with Gasteiger partial charge in [-0.25, -0.2) is 10.4 Å². The second-order valence-electron chi connectivity index (χ2n) is 5.03. The Morgan fingerprint density at radius 1 is 1.38 bits per heavy atom. The van der Waals surface area contributed by atoms with E-state index < -0.39 is 0 Å². The van der Waals surface area contributed by atoms with E-state index >= 15 is 0 Å². The minimum absolute atomic E-state index is 0.0457. The quantitative estimate of drug-likeness (QED) is 0.665. The van der Waals surface area contributed by atoms with Crippen molar-refractivity contribution < 1.29 is 4.74 Å². The van der Waals surface area contributed by atoms with Gasteiger partial charge in [0.05, 0.1) is 11.6 Å². The summed E-state index contributed by atoms with van der Waals surface area (Å²) in [5, 5.41) is 2.30. The van der Waals surface area contributed by atoms with Crippen LogP contribution in [-0.4, -0.2) is 67.9 Å². The van der Waals surface area contributed by atoms with Crippen molar-refractivity contribution in [3.05, 3.63) is 0 Å².